The number of carbonyl (C=O) groups excluding carboxylic acids is 2. The first-order valence-corrected chi connectivity index (χ1v) is 18.5. The Kier molecular flexibility index (Phi) is 8.60. The molecular weight excluding hydrogens is 591 g/mol. The maximum absolute atomic E-state index is 14.3. The lowest BCUT2D eigenvalue weighted by atomic mass is 9.91. The number of carbonyl (C=O) groups is 2. The molecule has 2 aromatic heterocycles. The molecule has 0 saturated heterocycles. The number of ether oxygens (including phenoxy) is 2. The quantitative estimate of drug-likeness (QED) is 0.249. The molecule has 5 rings (SSSR count). The minimum absolute atomic E-state index is 0.0370. The molecule has 3 aromatic rings. The van der Waals surface area contributed by atoms with E-state index in [1.165, 1.54) is 15.9 Å². The molecule has 2 aliphatic rings. The van der Waals surface area contributed by atoms with Crippen LogP contribution >= 0.6 is 0 Å². The molecule has 1 unspecified atom stereocenters. The van der Waals surface area contributed by atoms with E-state index in [2.05, 4.69) is 24.6 Å². The topological polar surface area (TPSA) is 103 Å². The third-order valence-electron chi connectivity index (χ3n) is 8.38. The van der Waals surface area contributed by atoms with E-state index in [4.69, 9.17) is 15.2 Å². The second-order valence-corrected chi connectivity index (χ2v) is 18.8. The molecule has 238 valence electrons. The number of pyridine rings is 1. The van der Waals surface area contributed by atoms with Crippen molar-refractivity contribution >= 4 is 36.7 Å². The van der Waals surface area contributed by atoms with Crippen LogP contribution in [0.2, 0.25) is 25.7 Å². The number of nitrogen functional groups attached to an aromatic ring is 1. The predicted octanol–water partition coefficient (Wildman–Crippen LogP) is 5.79. The van der Waals surface area contributed by atoms with Gasteiger partial charge in [-0.2, -0.15) is 13.2 Å². The van der Waals surface area contributed by atoms with Crippen molar-refractivity contribution in [3.63, 3.8) is 0 Å². The smallest absolute Gasteiger partial charge is 0.383 e. The van der Waals surface area contributed by atoms with Gasteiger partial charge in [0.15, 0.2) is 0 Å². The fraction of sp³-hybridized carbons (Fsp3) is 0.516. The zero-order valence-electron chi connectivity index (χ0n) is 26.0. The Hall–Kier alpha value is -3.42. The Morgan fingerprint density at radius 3 is 2.55 bits per heavy atom. The SMILES string of the molecule is CC(C)C(=O)N1Cc2cc(C(F)(F)F)ccc2C(N(C)C(=O)c2cc3nc(N)c4c(c3n2COCC[Si](C)(C)C)COC4)C1. The van der Waals surface area contributed by atoms with Crippen LogP contribution in [0.1, 0.15) is 58.2 Å². The van der Waals surface area contributed by atoms with Gasteiger partial charge in [-0.15, -0.1) is 0 Å². The highest BCUT2D eigenvalue weighted by Gasteiger charge is 2.38. The fourth-order valence-corrected chi connectivity index (χ4v) is 6.61. The number of hydrogen-bond donors (Lipinski definition) is 1. The summed E-state index contributed by atoms with van der Waals surface area (Å²) in [5.74, 6) is -0.587. The van der Waals surface area contributed by atoms with Crippen LogP contribution in [-0.2, 0) is 46.9 Å². The van der Waals surface area contributed by atoms with Crippen LogP contribution in [0.5, 0.6) is 0 Å². The molecule has 0 radical (unpaired) electrons. The number of aromatic nitrogens is 2. The van der Waals surface area contributed by atoms with E-state index in [-0.39, 0.29) is 37.6 Å². The lowest BCUT2D eigenvalue weighted by molar-refractivity contribution is -0.137. The molecule has 1 aromatic carbocycles. The first kappa shape index (κ1) is 32.0. The van der Waals surface area contributed by atoms with Gasteiger partial charge in [0.2, 0.25) is 5.91 Å². The zero-order chi connectivity index (χ0) is 32.1. The third kappa shape index (κ3) is 6.22. The van der Waals surface area contributed by atoms with Crippen molar-refractivity contribution < 1.29 is 32.2 Å². The Morgan fingerprint density at radius 2 is 1.89 bits per heavy atom. The molecule has 0 bridgehead atoms. The number of halogens is 3. The van der Waals surface area contributed by atoms with Gasteiger partial charge in [0, 0.05) is 51.9 Å². The van der Waals surface area contributed by atoms with Gasteiger partial charge in [0.25, 0.3) is 5.91 Å². The molecule has 0 saturated carbocycles. The van der Waals surface area contributed by atoms with E-state index < -0.39 is 25.9 Å². The first-order valence-electron chi connectivity index (χ1n) is 14.8. The summed E-state index contributed by atoms with van der Waals surface area (Å²) in [6.07, 6.45) is -4.54. The summed E-state index contributed by atoms with van der Waals surface area (Å²) in [5, 5.41) is 0. The van der Waals surface area contributed by atoms with Crippen molar-refractivity contribution in [1.29, 1.82) is 0 Å². The zero-order valence-corrected chi connectivity index (χ0v) is 27.0. The van der Waals surface area contributed by atoms with E-state index in [9.17, 15) is 22.8 Å². The number of nitrogens with zero attached hydrogens (tertiary/aromatic N) is 4. The summed E-state index contributed by atoms with van der Waals surface area (Å²) in [6, 6.07) is 5.48. The van der Waals surface area contributed by atoms with Crippen LogP contribution in [0.4, 0.5) is 19.0 Å². The highest BCUT2D eigenvalue weighted by Crippen LogP contribution is 2.38. The number of benzene rings is 1. The van der Waals surface area contributed by atoms with Crippen LogP contribution in [0.25, 0.3) is 11.0 Å². The van der Waals surface area contributed by atoms with Crippen LogP contribution in [-0.4, -0.2) is 59.4 Å². The predicted molar refractivity (Wildman–Crippen MR) is 163 cm³/mol. The minimum Gasteiger partial charge on any atom is -0.383 e. The van der Waals surface area contributed by atoms with Crippen LogP contribution in [0.3, 0.4) is 0 Å². The second-order valence-electron chi connectivity index (χ2n) is 13.2. The molecule has 1 atom stereocenters. The van der Waals surface area contributed by atoms with Crippen molar-refractivity contribution in [3.8, 4) is 0 Å². The molecule has 2 aliphatic heterocycles. The maximum atomic E-state index is 14.3. The fourth-order valence-electron chi connectivity index (χ4n) is 5.86. The van der Waals surface area contributed by atoms with Crippen molar-refractivity contribution in [2.45, 2.75) is 78.2 Å². The molecular formula is C31H40F3N5O4Si. The third-order valence-corrected chi connectivity index (χ3v) is 10.1. The number of anilines is 1. The largest absolute Gasteiger partial charge is 0.416 e. The van der Waals surface area contributed by atoms with Crippen LogP contribution in [0, 0.1) is 5.92 Å². The first-order chi connectivity index (χ1) is 20.6. The lowest BCUT2D eigenvalue weighted by Crippen LogP contribution is -2.46. The van der Waals surface area contributed by atoms with Gasteiger partial charge in [0.1, 0.15) is 18.2 Å². The number of rotatable bonds is 8. The van der Waals surface area contributed by atoms with E-state index >= 15 is 0 Å². The summed E-state index contributed by atoms with van der Waals surface area (Å²) < 4.78 is 54.5. The van der Waals surface area contributed by atoms with Gasteiger partial charge in [-0.25, -0.2) is 4.98 Å². The van der Waals surface area contributed by atoms with Crippen molar-refractivity contribution in [1.82, 2.24) is 19.4 Å². The number of amides is 2. The van der Waals surface area contributed by atoms with Crippen molar-refractivity contribution in [3.05, 3.63) is 57.8 Å². The van der Waals surface area contributed by atoms with Crippen LogP contribution in [0.15, 0.2) is 24.3 Å². The number of nitrogens with two attached hydrogens (primary N) is 1. The average Bonchev–Trinajstić information content (AvgIpc) is 3.57. The van der Waals surface area contributed by atoms with Gasteiger partial charge in [-0.05, 0) is 35.4 Å². The summed E-state index contributed by atoms with van der Waals surface area (Å²) >= 11 is 0. The van der Waals surface area contributed by atoms with Gasteiger partial charge >= 0.3 is 6.18 Å². The molecule has 2 N–H and O–H groups in total. The molecule has 0 aliphatic carbocycles. The van der Waals surface area contributed by atoms with Crippen molar-refractivity contribution in [2.75, 3.05) is 25.9 Å². The van der Waals surface area contributed by atoms with E-state index in [1.54, 1.807) is 31.5 Å². The Labute approximate surface area is 256 Å². The summed E-state index contributed by atoms with van der Waals surface area (Å²) in [6.45, 7) is 11.7. The summed E-state index contributed by atoms with van der Waals surface area (Å²) in [7, 11) is 0.245. The summed E-state index contributed by atoms with van der Waals surface area (Å²) in [5.41, 5.74) is 9.60. The molecule has 9 nitrogen and oxygen atoms in total. The van der Waals surface area contributed by atoms with Crippen LogP contribution < -0.4 is 5.73 Å². The van der Waals surface area contributed by atoms with Gasteiger partial charge in [0.05, 0.1) is 35.9 Å². The normalized spacial score (nSPS) is 16.9. The Bertz CT molecular complexity index is 1600. The lowest BCUT2D eigenvalue weighted by Gasteiger charge is -2.40. The van der Waals surface area contributed by atoms with Gasteiger partial charge in [-0.3, -0.25) is 9.59 Å². The highest BCUT2D eigenvalue weighted by atomic mass is 28.3. The molecule has 13 heteroatoms. The molecule has 0 spiro atoms. The van der Waals surface area contributed by atoms with Crippen molar-refractivity contribution in [2.24, 2.45) is 5.92 Å². The molecule has 2 amide bonds. The average molecular weight is 632 g/mol. The monoisotopic (exact) mass is 631 g/mol. The number of hydrogen-bond acceptors (Lipinski definition) is 6. The van der Waals surface area contributed by atoms with Gasteiger partial charge in [-0.1, -0.05) is 39.6 Å². The molecule has 4 heterocycles. The van der Waals surface area contributed by atoms with Gasteiger partial charge < -0.3 is 29.6 Å². The number of fused-ring (bicyclic) bond motifs is 4. The standard InChI is InChI=1S/C31H40F3N5O4Si/c1-18(2)29(40)38-13-19-11-20(31(32,33)34)7-8-21(19)26(14-38)37(3)30(41)25-12-24-27(22-15-43-16-23(22)28(35)36-24)39(25)17-42-9-10-44(4,5)6/h7-8,11-12,18,26H,9-10,13-17H2,1-6H3,(H2,35,36). The molecule has 0 fully saturated rings. The molecule has 44 heavy (non-hydrogen) atoms. The van der Waals surface area contributed by atoms with E-state index in [1.807, 2.05) is 0 Å². The number of alkyl halides is 3. The second kappa shape index (κ2) is 11.8. The number of likely N-dealkylation sites (N-methyl/N-ethyl adjacent to an activating group) is 1. The minimum atomic E-state index is -4.54. The maximum Gasteiger partial charge on any atom is 0.416 e. The Balaban J connectivity index is 1.55. The van der Waals surface area contributed by atoms with E-state index in [0.29, 0.717) is 53.5 Å². The highest BCUT2D eigenvalue weighted by molar-refractivity contribution is 6.76. The van der Waals surface area contributed by atoms with E-state index in [0.717, 1.165) is 29.3 Å². The Morgan fingerprint density at radius 1 is 1.18 bits per heavy atom. The summed E-state index contributed by atoms with van der Waals surface area (Å²) in [4.78, 5) is 35.0.